The third kappa shape index (κ3) is 2.09. The Kier molecular flexibility index (Phi) is 3.65. The van der Waals surface area contributed by atoms with E-state index in [1.165, 1.54) is 48.9 Å². The van der Waals surface area contributed by atoms with Crippen molar-refractivity contribution in [1.29, 1.82) is 5.26 Å². The summed E-state index contributed by atoms with van der Waals surface area (Å²) >= 11 is 5.63. The van der Waals surface area contributed by atoms with Crippen molar-refractivity contribution in [3.05, 3.63) is 57.4 Å². The largest absolute Gasteiger partial charge is 0.277 e. The number of nitrogens with zero attached hydrogens (tertiary/aromatic N) is 3. The summed E-state index contributed by atoms with van der Waals surface area (Å²) in [6.45, 7) is 0. The van der Waals surface area contributed by atoms with E-state index in [4.69, 9.17) is 0 Å². The summed E-state index contributed by atoms with van der Waals surface area (Å²) in [7, 11) is 2.80. The molecule has 0 N–H and O–H groups in total. The van der Waals surface area contributed by atoms with Crippen LogP contribution in [0.25, 0.3) is 46.2 Å². The highest BCUT2D eigenvalue weighted by Crippen LogP contribution is 2.39. The van der Waals surface area contributed by atoms with Gasteiger partial charge in [-0.2, -0.15) is 5.26 Å². The highest BCUT2D eigenvalue weighted by atomic mass is 79.9. The predicted molar refractivity (Wildman–Crippen MR) is 120 cm³/mol. The fourth-order valence-corrected chi connectivity index (χ4v) is 6.77. The molecule has 0 saturated heterocycles. The van der Waals surface area contributed by atoms with Crippen LogP contribution in [-0.2, 0) is 14.1 Å². The lowest BCUT2D eigenvalue weighted by Crippen LogP contribution is -2.33. The standard InChI is InChI=1S/C19H8BrN3O4S2/c1-22-15(24)6-3-4-7-10-9(6)11(17(22)26)13-14(29-19(28-13)8(20)5-21)12(10)18(27)23(2)16(7)25/h3-4H,1-2H3. The van der Waals surface area contributed by atoms with Crippen molar-refractivity contribution >= 4 is 84.8 Å². The first-order chi connectivity index (χ1) is 13.8. The number of nitriles is 1. The van der Waals surface area contributed by atoms with Crippen LogP contribution in [0.4, 0.5) is 0 Å². The van der Waals surface area contributed by atoms with Crippen LogP contribution in [-0.4, -0.2) is 9.13 Å². The molecule has 0 fully saturated rings. The minimum Gasteiger partial charge on any atom is -0.277 e. The van der Waals surface area contributed by atoms with Crippen LogP contribution in [0, 0.1) is 11.3 Å². The van der Waals surface area contributed by atoms with Crippen molar-refractivity contribution in [2.24, 2.45) is 14.1 Å². The Bertz CT molecular complexity index is 1760. The van der Waals surface area contributed by atoms with Gasteiger partial charge in [-0.15, -0.1) is 22.7 Å². The predicted octanol–water partition coefficient (Wildman–Crippen LogP) is 1.72. The number of fused-ring (bicyclic) bond motifs is 3. The Labute approximate surface area is 176 Å². The summed E-state index contributed by atoms with van der Waals surface area (Å²) in [5.74, 6) is 0. The fourth-order valence-electron chi connectivity index (χ4n) is 3.76. The van der Waals surface area contributed by atoms with E-state index in [1.54, 1.807) is 0 Å². The molecule has 0 amide bonds. The van der Waals surface area contributed by atoms with Crippen molar-refractivity contribution in [3.8, 4) is 6.07 Å². The molecule has 142 valence electrons. The highest BCUT2D eigenvalue weighted by molar-refractivity contribution is 9.15. The summed E-state index contributed by atoms with van der Waals surface area (Å²) in [5, 5.41) is 11.1. The minimum atomic E-state index is -0.497. The average Bonchev–Trinajstić information content (AvgIpc) is 3.16. The van der Waals surface area contributed by atoms with Crippen LogP contribution in [0.3, 0.4) is 0 Å². The second-order valence-electron chi connectivity index (χ2n) is 6.57. The Balaban J connectivity index is 2.40. The molecule has 0 atom stereocenters. The maximum Gasteiger partial charge on any atom is 0.262 e. The van der Waals surface area contributed by atoms with Crippen molar-refractivity contribution in [3.63, 3.8) is 0 Å². The SMILES string of the molecule is Cn1c(=O)c2ccc3c(=O)n(C)c(=O)c4c5sc(=C(Br)C#N)sc5c(c1=O)c2c34. The van der Waals surface area contributed by atoms with Gasteiger partial charge in [-0.1, -0.05) is 0 Å². The molecule has 10 heteroatoms. The van der Waals surface area contributed by atoms with E-state index < -0.39 is 22.2 Å². The van der Waals surface area contributed by atoms with Gasteiger partial charge in [-0.3, -0.25) is 28.3 Å². The van der Waals surface area contributed by atoms with Gasteiger partial charge in [0, 0.05) is 35.6 Å². The Morgan fingerprint density at radius 2 is 1.24 bits per heavy atom. The first-order valence-electron chi connectivity index (χ1n) is 8.25. The lowest BCUT2D eigenvalue weighted by atomic mass is 9.96. The van der Waals surface area contributed by atoms with Gasteiger partial charge in [0.2, 0.25) is 0 Å². The first-order valence-corrected chi connectivity index (χ1v) is 10.7. The number of hydrogen-bond donors (Lipinski definition) is 0. The van der Waals surface area contributed by atoms with Gasteiger partial charge in [0.25, 0.3) is 22.2 Å². The lowest BCUT2D eigenvalue weighted by molar-refractivity contribution is 0.839. The molecule has 5 rings (SSSR count). The zero-order valence-corrected chi connectivity index (χ0v) is 18.0. The molecule has 0 bridgehead atoms. The number of hydrogen-bond acceptors (Lipinski definition) is 7. The van der Waals surface area contributed by atoms with E-state index >= 15 is 0 Å². The first kappa shape index (κ1) is 18.2. The molecular weight excluding hydrogens is 478 g/mol. The second kappa shape index (κ2) is 5.82. The van der Waals surface area contributed by atoms with Gasteiger partial charge in [-0.25, -0.2) is 0 Å². The molecular formula is C19H8BrN3O4S2. The molecule has 3 aromatic heterocycles. The molecule has 0 aliphatic carbocycles. The summed E-state index contributed by atoms with van der Waals surface area (Å²) in [6, 6.07) is 5.07. The Morgan fingerprint density at radius 3 is 1.62 bits per heavy atom. The van der Waals surface area contributed by atoms with Crippen molar-refractivity contribution in [2.75, 3.05) is 0 Å². The number of benzene rings is 2. The number of rotatable bonds is 0. The summed E-state index contributed by atoms with van der Waals surface area (Å²) in [6.07, 6.45) is 0. The highest BCUT2D eigenvalue weighted by Gasteiger charge is 2.24. The monoisotopic (exact) mass is 485 g/mol. The van der Waals surface area contributed by atoms with E-state index in [9.17, 15) is 24.4 Å². The van der Waals surface area contributed by atoms with Gasteiger partial charge in [0.1, 0.15) is 14.4 Å². The Hall–Kier alpha value is -2.87. The maximum absolute atomic E-state index is 13.1. The Morgan fingerprint density at radius 1 is 0.828 bits per heavy atom. The van der Waals surface area contributed by atoms with E-state index in [2.05, 4.69) is 15.9 Å². The molecule has 0 radical (unpaired) electrons. The van der Waals surface area contributed by atoms with Crippen LogP contribution >= 0.6 is 38.6 Å². The smallest absolute Gasteiger partial charge is 0.262 e. The van der Waals surface area contributed by atoms with Crippen LogP contribution < -0.4 is 26.1 Å². The van der Waals surface area contributed by atoms with Gasteiger partial charge in [-0.05, 0) is 28.1 Å². The summed E-state index contributed by atoms with van der Waals surface area (Å²) in [4.78, 5) is 51.7. The fraction of sp³-hybridized carbons (Fsp3) is 0.105. The van der Waals surface area contributed by atoms with Gasteiger partial charge in [0.05, 0.1) is 20.2 Å². The lowest BCUT2D eigenvalue weighted by Gasteiger charge is -2.12. The normalized spacial score (nSPS) is 11.8. The summed E-state index contributed by atoms with van der Waals surface area (Å²) < 4.78 is 3.99. The molecule has 0 spiro atoms. The third-order valence-corrected chi connectivity index (χ3v) is 8.87. The van der Waals surface area contributed by atoms with Crippen LogP contribution in [0.15, 0.2) is 31.3 Å². The van der Waals surface area contributed by atoms with Crippen LogP contribution in [0.1, 0.15) is 0 Å². The molecule has 2 aromatic carbocycles. The van der Waals surface area contributed by atoms with E-state index in [0.29, 0.717) is 24.0 Å². The van der Waals surface area contributed by atoms with E-state index in [-0.39, 0.29) is 26.0 Å². The molecule has 7 nitrogen and oxygen atoms in total. The molecule has 0 saturated carbocycles. The maximum atomic E-state index is 13.1. The van der Waals surface area contributed by atoms with Gasteiger partial charge < -0.3 is 0 Å². The minimum absolute atomic E-state index is 0.275. The van der Waals surface area contributed by atoms with E-state index in [1.807, 2.05) is 6.07 Å². The number of pyridine rings is 2. The number of aromatic nitrogens is 2. The zero-order valence-electron chi connectivity index (χ0n) is 14.8. The van der Waals surface area contributed by atoms with Gasteiger partial charge in [0.15, 0.2) is 0 Å². The third-order valence-electron chi connectivity index (χ3n) is 5.14. The topological polar surface area (TPSA) is 102 Å². The quantitative estimate of drug-likeness (QED) is 0.310. The average molecular weight is 486 g/mol. The van der Waals surface area contributed by atoms with E-state index in [0.717, 1.165) is 9.13 Å². The molecule has 0 unspecified atom stereocenters. The van der Waals surface area contributed by atoms with Crippen molar-refractivity contribution in [2.45, 2.75) is 0 Å². The van der Waals surface area contributed by atoms with Crippen molar-refractivity contribution < 1.29 is 0 Å². The molecule has 0 aliphatic rings. The second-order valence-corrected chi connectivity index (χ2v) is 9.67. The molecule has 3 heterocycles. The van der Waals surface area contributed by atoms with Crippen molar-refractivity contribution in [1.82, 2.24) is 9.13 Å². The van der Waals surface area contributed by atoms with Gasteiger partial charge >= 0.3 is 0 Å². The molecule has 0 aliphatic heterocycles. The summed E-state index contributed by atoms with van der Waals surface area (Å²) in [5.41, 5.74) is -1.96. The number of halogens is 1. The van der Waals surface area contributed by atoms with Crippen LogP contribution in [0.5, 0.6) is 0 Å². The molecule has 5 aromatic rings. The zero-order chi connectivity index (χ0) is 20.8. The van der Waals surface area contributed by atoms with Crippen LogP contribution in [0.2, 0.25) is 0 Å². The molecule has 29 heavy (non-hydrogen) atoms.